The van der Waals surface area contributed by atoms with E-state index in [1.165, 1.54) is 7.11 Å². The van der Waals surface area contributed by atoms with Gasteiger partial charge < -0.3 is 4.74 Å². The Kier molecular flexibility index (Phi) is 4.78. The molecular weight excluding hydrogens is 293 g/mol. The Morgan fingerprint density at radius 2 is 2.22 bits per heavy atom. The average molecular weight is 306 g/mol. The predicted octanol–water partition coefficient (Wildman–Crippen LogP) is 2.91. The number of thioether (sulfide) groups is 1. The lowest BCUT2D eigenvalue weighted by atomic mass is 10.1. The van der Waals surface area contributed by atoms with E-state index in [4.69, 9.17) is 27.9 Å². The van der Waals surface area contributed by atoms with E-state index >= 15 is 0 Å². The van der Waals surface area contributed by atoms with Crippen LogP contribution in [0.2, 0.25) is 10.0 Å². The maximum Gasteiger partial charge on any atom is 0.323 e. The van der Waals surface area contributed by atoms with Crippen molar-refractivity contribution in [3.05, 3.63) is 33.8 Å². The average Bonchev–Trinajstić information content (AvgIpc) is 2.38. The van der Waals surface area contributed by atoms with E-state index in [1.807, 2.05) is 6.07 Å². The second kappa shape index (κ2) is 6.15. The zero-order chi connectivity index (χ0) is 13.1. The number of carbonyl (C=O) groups excluding carboxylic acids is 1. The number of carbonyl (C=O) groups is 1. The van der Waals surface area contributed by atoms with E-state index in [2.05, 4.69) is 5.32 Å². The highest BCUT2D eigenvalue weighted by Crippen LogP contribution is 2.31. The number of nitrogens with one attached hydrogen (secondary N) is 1. The molecule has 18 heavy (non-hydrogen) atoms. The van der Waals surface area contributed by atoms with Gasteiger partial charge in [-0.2, -0.15) is 11.8 Å². The van der Waals surface area contributed by atoms with Gasteiger partial charge in [0.2, 0.25) is 0 Å². The molecule has 1 N–H and O–H groups in total. The molecule has 0 aromatic heterocycles. The van der Waals surface area contributed by atoms with Crippen molar-refractivity contribution in [3.63, 3.8) is 0 Å². The molecule has 2 atom stereocenters. The smallest absolute Gasteiger partial charge is 0.323 e. The predicted molar refractivity (Wildman–Crippen MR) is 75.5 cm³/mol. The number of rotatable bonds is 2. The highest BCUT2D eigenvalue weighted by Gasteiger charge is 2.29. The van der Waals surface area contributed by atoms with E-state index in [0.29, 0.717) is 15.8 Å². The monoisotopic (exact) mass is 305 g/mol. The van der Waals surface area contributed by atoms with Crippen molar-refractivity contribution in [1.82, 2.24) is 5.32 Å². The second-order valence-corrected chi connectivity index (χ2v) is 5.92. The molecule has 3 nitrogen and oxygen atoms in total. The Morgan fingerprint density at radius 1 is 1.44 bits per heavy atom. The van der Waals surface area contributed by atoms with Crippen molar-refractivity contribution in [2.24, 2.45) is 0 Å². The second-order valence-electron chi connectivity index (χ2n) is 4.00. The summed E-state index contributed by atoms with van der Waals surface area (Å²) in [5, 5.41) is 4.48. The fraction of sp³-hybridized carbons (Fsp3) is 0.417. The van der Waals surface area contributed by atoms with Gasteiger partial charge in [0, 0.05) is 27.6 Å². The lowest BCUT2D eigenvalue weighted by Gasteiger charge is -2.29. The zero-order valence-electron chi connectivity index (χ0n) is 9.78. The van der Waals surface area contributed by atoms with E-state index in [0.717, 1.165) is 11.3 Å². The molecule has 1 heterocycles. The van der Waals surface area contributed by atoms with Crippen LogP contribution in [-0.2, 0) is 9.53 Å². The molecule has 1 aromatic rings. The number of halogens is 2. The van der Waals surface area contributed by atoms with Gasteiger partial charge in [0.25, 0.3) is 0 Å². The van der Waals surface area contributed by atoms with Crippen LogP contribution in [0.4, 0.5) is 0 Å². The molecule has 2 rings (SSSR count). The number of esters is 1. The van der Waals surface area contributed by atoms with Crippen molar-refractivity contribution < 1.29 is 9.53 Å². The Bertz CT molecular complexity index is 456. The van der Waals surface area contributed by atoms with Crippen molar-refractivity contribution >= 4 is 40.9 Å². The molecule has 0 spiro atoms. The molecule has 1 aliphatic heterocycles. The fourth-order valence-electron chi connectivity index (χ4n) is 1.88. The van der Waals surface area contributed by atoms with Crippen LogP contribution in [0.5, 0.6) is 0 Å². The molecular formula is C12H13Cl2NO2S. The molecule has 1 saturated heterocycles. The van der Waals surface area contributed by atoms with Crippen molar-refractivity contribution in [2.45, 2.75) is 12.1 Å². The Morgan fingerprint density at radius 3 is 2.89 bits per heavy atom. The molecule has 98 valence electrons. The normalized spacial score (nSPS) is 23.7. The van der Waals surface area contributed by atoms with Gasteiger partial charge >= 0.3 is 5.97 Å². The van der Waals surface area contributed by atoms with E-state index in [9.17, 15) is 4.79 Å². The highest BCUT2D eigenvalue weighted by molar-refractivity contribution is 7.99. The highest BCUT2D eigenvalue weighted by atomic mass is 35.5. The summed E-state index contributed by atoms with van der Waals surface area (Å²) >= 11 is 13.8. The largest absolute Gasteiger partial charge is 0.468 e. The molecule has 1 aliphatic rings. The third-order valence-electron chi connectivity index (χ3n) is 2.80. The topological polar surface area (TPSA) is 38.3 Å². The van der Waals surface area contributed by atoms with Gasteiger partial charge in [-0.3, -0.25) is 10.1 Å². The number of ether oxygens (including phenoxy) is 1. The van der Waals surface area contributed by atoms with E-state index in [1.54, 1.807) is 23.9 Å². The van der Waals surface area contributed by atoms with Crippen molar-refractivity contribution in [3.8, 4) is 0 Å². The quantitative estimate of drug-likeness (QED) is 0.853. The summed E-state index contributed by atoms with van der Waals surface area (Å²) in [6.07, 6.45) is 0. The lowest BCUT2D eigenvalue weighted by Crippen LogP contribution is -2.45. The van der Waals surface area contributed by atoms with Gasteiger partial charge in [-0.15, -0.1) is 0 Å². The Hall–Kier alpha value is -0.420. The first-order chi connectivity index (χ1) is 8.61. The maximum absolute atomic E-state index is 11.5. The number of hydrogen-bond acceptors (Lipinski definition) is 4. The third-order valence-corrected chi connectivity index (χ3v) is 4.50. The first kappa shape index (κ1) is 14.0. The van der Waals surface area contributed by atoms with Crippen LogP contribution in [-0.4, -0.2) is 30.6 Å². The summed E-state index contributed by atoms with van der Waals surface area (Å²) in [5.74, 6) is 1.35. The summed E-state index contributed by atoms with van der Waals surface area (Å²) < 4.78 is 4.75. The summed E-state index contributed by atoms with van der Waals surface area (Å²) in [4.78, 5) is 11.5. The fourth-order valence-corrected chi connectivity index (χ4v) is 3.54. The summed E-state index contributed by atoms with van der Waals surface area (Å²) in [7, 11) is 1.40. The lowest BCUT2D eigenvalue weighted by molar-refractivity contribution is -0.142. The molecule has 1 fully saturated rings. The molecule has 0 bridgehead atoms. The molecule has 0 saturated carbocycles. The number of hydrogen-bond donors (Lipinski definition) is 1. The minimum absolute atomic E-state index is 0.0395. The zero-order valence-corrected chi connectivity index (χ0v) is 12.1. The van der Waals surface area contributed by atoms with Gasteiger partial charge in [0.1, 0.15) is 6.04 Å². The Balaban J connectivity index is 2.15. The van der Waals surface area contributed by atoms with Gasteiger partial charge in [-0.25, -0.2) is 0 Å². The molecule has 1 aromatic carbocycles. The van der Waals surface area contributed by atoms with Gasteiger partial charge in [0.05, 0.1) is 7.11 Å². The van der Waals surface area contributed by atoms with Crippen LogP contribution in [0.15, 0.2) is 18.2 Å². The maximum atomic E-state index is 11.5. The van der Waals surface area contributed by atoms with Crippen LogP contribution >= 0.6 is 35.0 Å². The van der Waals surface area contributed by atoms with Crippen LogP contribution in [0.1, 0.15) is 11.6 Å². The minimum Gasteiger partial charge on any atom is -0.468 e. The molecule has 0 radical (unpaired) electrons. The van der Waals surface area contributed by atoms with Crippen LogP contribution in [0, 0.1) is 0 Å². The van der Waals surface area contributed by atoms with Crippen molar-refractivity contribution in [1.29, 1.82) is 0 Å². The SMILES string of the molecule is COC(=O)C1CSCC(c2ccc(Cl)cc2Cl)N1. The van der Waals surface area contributed by atoms with E-state index < -0.39 is 0 Å². The first-order valence-electron chi connectivity index (χ1n) is 5.48. The van der Waals surface area contributed by atoms with Gasteiger partial charge in [-0.05, 0) is 17.7 Å². The molecule has 0 amide bonds. The van der Waals surface area contributed by atoms with E-state index in [-0.39, 0.29) is 18.1 Å². The molecule has 2 unspecified atom stereocenters. The summed E-state index contributed by atoms with van der Waals surface area (Å²) in [6.45, 7) is 0. The number of benzene rings is 1. The standard InChI is InChI=1S/C12H13Cl2NO2S/c1-17-12(16)11-6-18-5-10(15-11)8-3-2-7(13)4-9(8)14/h2-4,10-11,15H,5-6H2,1H3. The van der Waals surface area contributed by atoms with Crippen LogP contribution in [0.3, 0.4) is 0 Å². The Labute approximate surface area is 120 Å². The molecule has 0 aliphatic carbocycles. The first-order valence-corrected chi connectivity index (χ1v) is 7.39. The third kappa shape index (κ3) is 3.12. The van der Waals surface area contributed by atoms with Gasteiger partial charge in [-0.1, -0.05) is 29.3 Å². The van der Waals surface area contributed by atoms with Crippen LogP contribution in [0.25, 0.3) is 0 Å². The van der Waals surface area contributed by atoms with Crippen LogP contribution < -0.4 is 5.32 Å². The number of methoxy groups -OCH3 is 1. The van der Waals surface area contributed by atoms with Gasteiger partial charge in [0.15, 0.2) is 0 Å². The van der Waals surface area contributed by atoms with Crippen molar-refractivity contribution in [2.75, 3.05) is 18.6 Å². The summed E-state index contributed by atoms with van der Waals surface area (Å²) in [6, 6.07) is 5.16. The molecule has 6 heteroatoms. The minimum atomic E-state index is -0.287. The summed E-state index contributed by atoms with van der Waals surface area (Å²) in [5.41, 5.74) is 0.960.